The van der Waals surface area contributed by atoms with Gasteiger partial charge in [-0.3, -0.25) is 0 Å². The number of hydrogen-bond acceptors (Lipinski definition) is 15. The van der Waals surface area contributed by atoms with Crippen molar-refractivity contribution >= 4 is 0 Å². The van der Waals surface area contributed by atoms with Crippen LogP contribution in [-0.4, -0.2) is 156 Å². The molecule has 0 saturated carbocycles. The molecule has 3 saturated heterocycles. The third-order valence-corrected chi connectivity index (χ3v) is 6.03. The van der Waals surface area contributed by atoms with E-state index in [2.05, 4.69) is 0 Å². The Balaban J connectivity index is 1.62. The normalized spacial score (nSPS) is 53.7. The van der Waals surface area contributed by atoms with Crippen LogP contribution in [0.2, 0.25) is 0 Å². The number of aliphatic hydroxyl groups excluding tert-OH is 10. The molecule has 10 N–H and O–H groups in total. The molecule has 1 unspecified atom stereocenters. The molecular weight excluding hydrogens is 456 g/mol. The highest BCUT2D eigenvalue weighted by Gasteiger charge is 2.51. The molecule has 3 fully saturated rings. The fraction of sp³-hybridized carbons (Fsp3) is 1.00. The van der Waals surface area contributed by atoms with Gasteiger partial charge in [-0.05, 0) is 6.92 Å². The lowest BCUT2D eigenvalue weighted by Gasteiger charge is -2.46. The average Bonchev–Trinajstić information content (AvgIpc) is 2.79. The maximum Gasteiger partial charge on any atom is 0.187 e. The Labute approximate surface area is 187 Å². The quantitative estimate of drug-likeness (QED) is 0.167. The predicted octanol–water partition coefficient (Wildman–Crippen LogP) is -6.55. The van der Waals surface area contributed by atoms with Crippen LogP contribution in [0.4, 0.5) is 0 Å². The Morgan fingerprint density at radius 3 is 1.85 bits per heavy atom. The van der Waals surface area contributed by atoms with E-state index in [0.717, 1.165) is 0 Å². The topological polar surface area (TPSA) is 248 Å². The molecule has 15 atom stereocenters. The summed E-state index contributed by atoms with van der Waals surface area (Å²) >= 11 is 0. The van der Waals surface area contributed by atoms with Crippen molar-refractivity contribution in [1.82, 2.24) is 0 Å². The van der Waals surface area contributed by atoms with E-state index in [9.17, 15) is 51.1 Å². The minimum absolute atomic E-state index is 0.549. The Kier molecular flexibility index (Phi) is 8.99. The second kappa shape index (κ2) is 11.0. The summed E-state index contributed by atoms with van der Waals surface area (Å²) in [6.07, 6.45) is -23.3. The third kappa shape index (κ3) is 5.48. The van der Waals surface area contributed by atoms with Gasteiger partial charge in [0, 0.05) is 0 Å². The maximum atomic E-state index is 10.5. The second-order valence-electron chi connectivity index (χ2n) is 8.36. The minimum atomic E-state index is -1.80. The molecule has 33 heavy (non-hydrogen) atoms. The van der Waals surface area contributed by atoms with Crippen LogP contribution in [0.5, 0.6) is 0 Å². The van der Waals surface area contributed by atoms with Crippen LogP contribution in [0.1, 0.15) is 6.92 Å². The van der Waals surface area contributed by atoms with Crippen molar-refractivity contribution < 1.29 is 74.7 Å². The Morgan fingerprint density at radius 1 is 0.606 bits per heavy atom. The SMILES string of the molecule is C[C@@H]1O[C@@H](O[C@H]2[C@H](O)[C@@H](O)[C@H](OC[C@H]3OC(O)[C@H](O)[C@@H](O)[C@@H]3O)O[C@@H]2CO)[C@H](O)[C@H](O)[C@H]1O. The lowest BCUT2D eigenvalue weighted by atomic mass is 9.97. The minimum Gasteiger partial charge on any atom is -0.394 e. The highest BCUT2D eigenvalue weighted by Crippen LogP contribution is 2.30. The van der Waals surface area contributed by atoms with Gasteiger partial charge in [0.25, 0.3) is 0 Å². The molecule has 0 spiro atoms. The fourth-order valence-electron chi connectivity index (χ4n) is 3.90. The summed E-state index contributed by atoms with van der Waals surface area (Å²) in [5.41, 5.74) is 0. The third-order valence-electron chi connectivity index (χ3n) is 6.03. The smallest absolute Gasteiger partial charge is 0.187 e. The van der Waals surface area contributed by atoms with Gasteiger partial charge in [-0.15, -0.1) is 0 Å². The Morgan fingerprint density at radius 2 is 1.21 bits per heavy atom. The van der Waals surface area contributed by atoms with Gasteiger partial charge >= 0.3 is 0 Å². The molecule has 194 valence electrons. The molecule has 3 aliphatic heterocycles. The summed E-state index contributed by atoms with van der Waals surface area (Å²) in [6, 6.07) is 0. The van der Waals surface area contributed by atoms with E-state index in [1.807, 2.05) is 0 Å². The fourth-order valence-corrected chi connectivity index (χ4v) is 3.90. The van der Waals surface area contributed by atoms with Gasteiger partial charge in [-0.1, -0.05) is 0 Å². The standard InChI is InChI=1S/C18H32O15/c1-4-7(20)9(22)13(26)18(30-4)33-15-5(2-19)32-17(14(27)11(15)24)29-3-6-8(21)10(23)12(25)16(28)31-6/h4-28H,2-3H2,1H3/t4-,5+,6+,7-,8+,9+,10-,11+,12+,13+,14+,15+,16?,17+,18-/m0/s1. The van der Waals surface area contributed by atoms with Crippen LogP contribution in [-0.2, 0) is 23.7 Å². The number of aliphatic hydroxyl groups is 10. The monoisotopic (exact) mass is 488 g/mol. The first-order chi connectivity index (χ1) is 15.5. The van der Waals surface area contributed by atoms with Crippen LogP contribution >= 0.6 is 0 Å². The molecule has 0 aromatic heterocycles. The van der Waals surface area contributed by atoms with E-state index in [1.54, 1.807) is 0 Å². The van der Waals surface area contributed by atoms with Gasteiger partial charge in [-0.2, -0.15) is 0 Å². The van der Waals surface area contributed by atoms with Gasteiger partial charge in [0.05, 0.1) is 19.3 Å². The van der Waals surface area contributed by atoms with E-state index >= 15 is 0 Å². The zero-order valence-corrected chi connectivity index (χ0v) is 17.6. The van der Waals surface area contributed by atoms with Gasteiger partial charge in [0.2, 0.25) is 0 Å². The summed E-state index contributed by atoms with van der Waals surface area (Å²) in [4.78, 5) is 0. The van der Waals surface area contributed by atoms with Crippen molar-refractivity contribution in [2.75, 3.05) is 13.2 Å². The molecule has 3 rings (SSSR count). The first-order valence-corrected chi connectivity index (χ1v) is 10.4. The molecule has 15 nitrogen and oxygen atoms in total. The lowest BCUT2D eigenvalue weighted by molar-refractivity contribution is -0.361. The van der Waals surface area contributed by atoms with Crippen molar-refractivity contribution in [1.29, 1.82) is 0 Å². The summed E-state index contributed by atoms with van der Waals surface area (Å²) in [7, 11) is 0. The molecular formula is C18H32O15. The van der Waals surface area contributed by atoms with E-state index in [4.69, 9.17) is 23.7 Å². The maximum absolute atomic E-state index is 10.5. The number of rotatable bonds is 6. The van der Waals surface area contributed by atoms with E-state index in [0.29, 0.717) is 0 Å². The molecule has 3 aliphatic rings. The van der Waals surface area contributed by atoms with Crippen LogP contribution in [0.25, 0.3) is 0 Å². The molecule has 0 radical (unpaired) electrons. The van der Waals surface area contributed by atoms with Crippen LogP contribution < -0.4 is 0 Å². The lowest BCUT2D eigenvalue weighted by Crippen LogP contribution is -2.64. The number of ether oxygens (including phenoxy) is 5. The Bertz CT molecular complexity index is 622. The summed E-state index contributed by atoms with van der Waals surface area (Å²) in [6.45, 7) is 0.136. The van der Waals surface area contributed by atoms with Crippen LogP contribution in [0, 0.1) is 0 Å². The molecule has 0 amide bonds. The van der Waals surface area contributed by atoms with Crippen molar-refractivity contribution in [3.05, 3.63) is 0 Å². The van der Waals surface area contributed by atoms with Crippen molar-refractivity contribution in [3.8, 4) is 0 Å². The van der Waals surface area contributed by atoms with Crippen LogP contribution in [0.15, 0.2) is 0 Å². The van der Waals surface area contributed by atoms with Crippen molar-refractivity contribution in [2.24, 2.45) is 0 Å². The average molecular weight is 488 g/mol. The van der Waals surface area contributed by atoms with E-state index < -0.39 is 105 Å². The molecule has 3 heterocycles. The highest BCUT2D eigenvalue weighted by atomic mass is 16.7. The largest absolute Gasteiger partial charge is 0.394 e. The highest BCUT2D eigenvalue weighted by molar-refractivity contribution is 4.94. The Hall–Kier alpha value is -0.600. The summed E-state index contributed by atoms with van der Waals surface area (Å²) < 4.78 is 26.4. The molecule has 15 heteroatoms. The van der Waals surface area contributed by atoms with Crippen LogP contribution in [0.3, 0.4) is 0 Å². The first kappa shape index (κ1) is 27.0. The predicted molar refractivity (Wildman–Crippen MR) is 99.8 cm³/mol. The van der Waals surface area contributed by atoms with Gasteiger partial charge < -0.3 is 74.7 Å². The first-order valence-electron chi connectivity index (χ1n) is 10.4. The van der Waals surface area contributed by atoms with Gasteiger partial charge in [0.15, 0.2) is 18.9 Å². The van der Waals surface area contributed by atoms with Gasteiger partial charge in [0.1, 0.15) is 67.1 Å². The second-order valence-corrected chi connectivity index (χ2v) is 8.36. The van der Waals surface area contributed by atoms with Crippen molar-refractivity contribution in [3.63, 3.8) is 0 Å². The zero-order valence-electron chi connectivity index (χ0n) is 17.6. The molecule has 0 aliphatic carbocycles. The molecule has 0 aromatic rings. The number of hydrogen-bond donors (Lipinski definition) is 10. The summed E-state index contributed by atoms with van der Waals surface area (Å²) in [5, 5.41) is 99.2. The molecule has 0 bridgehead atoms. The molecule has 0 aromatic carbocycles. The van der Waals surface area contributed by atoms with Gasteiger partial charge in [-0.25, -0.2) is 0 Å². The van der Waals surface area contributed by atoms with E-state index in [1.165, 1.54) is 6.92 Å². The van der Waals surface area contributed by atoms with E-state index in [-0.39, 0.29) is 0 Å². The zero-order chi connectivity index (χ0) is 24.6. The summed E-state index contributed by atoms with van der Waals surface area (Å²) in [5.74, 6) is 0. The van der Waals surface area contributed by atoms with Crippen molar-refractivity contribution in [2.45, 2.75) is 99.0 Å².